The van der Waals surface area contributed by atoms with E-state index in [4.69, 9.17) is 4.52 Å². The van der Waals surface area contributed by atoms with Gasteiger partial charge in [0.15, 0.2) is 0 Å². The van der Waals surface area contributed by atoms with Gasteiger partial charge in [0.05, 0.1) is 16.8 Å². The number of aromatic nitrogens is 3. The molecule has 0 atom stereocenters. The average molecular weight is 436 g/mol. The average Bonchev–Trinajstić information content (AvgIpc) is 3.29. The molecule has 2 amide bonds. The van der Waals surface area contributed by atoms with Gasteiger partial charge in [0, 0.05) is 41.7 Å². The van der Waals surface area contributed by atoms with Crippen LogP contribution in [0, 0.1) is 13.8 Å². The van der Waals surface area contributed by atoms with Crippen LogP contribution < -0.4 is 10.9 Å². The molecule has 0 saturated carbocycles. The van der Waals surface area contributed by atoms with Gasteiger partial charge in [-0.1, -0.05) is 23.4 Å². The van der Waals surface area contributed by atoms with Gasteiger partial charge in [0.25, 0.3) is 11.8 Å². The van der Waals surface area contributed by atoms with Gasteiger partial charge < -0.3 is 9.09 Å². The second kappa shape index (κ2) is 8.65. The van der Waals surface area contributed by atoms with E-state index < -0.39 is 5.91 Å². The molecule has 3 heterocycles. The van der Waals surface area contributed by atoms with Crippen molar-refractivity contribution in [3.05, 3.63) is 76.9 Å². The Labute approximate surface area is 183 Å². The zero-order valence-electron chi connectivity index (χ0n) is 17.3. The molecule has 0 fully saturated rings. The summed E-state index contributed by atoms with van der Waals surface area (Å²) in [7, 11) is 1.87. The Hall–Kier alpha value is -3.59. The number of hydrogen-bond donors (Lipinski definition) is 2. The van der Waals surface area contributed by atoms with Crippen LogP contribution in [0.3, 0.4) is 0 Å². The van der Waals surface area contributed by atoms with Gasteiger partial charge in [0.1, 0.15) is 10.8 Å². The molecule has 0 aliphatic carbocycles. The fourth-order valence-corrected chi connectivity index (χ4v) is 4.44. The molecule has 3 aromatic heterocycles. The van der Waals surface area contributed by atoms with Crippen molar-refractivity contribution in [3.63, 3.8) is 0 Å². The molecular weight excluding hydrogens is 414 g/mol. The topological polar surface area (TPSA) is 102 Å². The van der Waals surface area contributed by atoms with Gasteiger partial charge in [-0.15, -0.1) is 11.8 Å². The summed E-state index contributed by atoms with van der Waals surface area (Å²) in [5.74, 6) is 0.483. The van der Waals surface area contributed by atoms with E-state index in [1.54, 1.807) is 24.5 Å². The number of benzene rings is 1. The first-order valence-electron chi connectivity index (χ1n) is 9.60. The highest BCUT2D eigenvalue weighted by Crippen LogP contribution is 2.27. The summed E-state index contributed by atoms with van der Waals surface area (Å²) in [5, 5.41) is 5.32. The van der Waals surface area contributed by atoms with Gasteiger partial charge >= 0.3 is 0 Å². The third-order valence-electron chi connectivity index (χ3n) is 4.98. The number of fused-ring (bicyclic) bond motifs is 1. The van der Waals surface area contributed by atoms with Gasteiger partial charge in [-0.3, -0.25) is 20.4 Å². The minimum Gasteiger partial charge on any atom is -0.361 e. The summed E-state index contributed by atoms with van der Waals surface area (Å²) < 4.78 is 7.06. The number of nitrogens with zero attached hydrogens (tertiary/aromatic N) is 3. The Morgan fingerprint density at radius 1 is 1.06 bits per heavy atom. The predicted molar refractivity (Wildman–Crippen MR) is 118 cm³/mol. The highest BCUT2D eigenvalue weighted by Gasteiger charge is 2.18. The lowest BCUT2D eigenvalue weighted by atomic mass is 10.2. The number of para-hydroxylation sites is 1. The van der Waals surface area contributed by atoms with Crippen molar-refractivity contribution < 1.29 is 14.1 Å². The van der Waals surface area contributed by atoms with Crippen molar-refractivity contribution in [3.8, 4) is 0 Å². The minimum absolute atomic E-state index is 0.373. The standard InChI is InChI=1S/C22H21N5O3S/c1-13-18(14(2)30-26-13)12-31-22-16(8-6-10-23-22)20(28)24-25-21(29)17-11-27(3)19-9-5-4-7-15(17)19/h4-11H,12H2,1-3H3,(H,24,28)(H,25,29). The highest BCUT2D eigenvalue weighted by atomic mass is 32.2. The van der Waals surface area contributed by atoms with Gasteiger partial charge in [0.2, 0.25) is 0 Å². The summed E-state index contributed by atoms with van der Waals surface area (Å²) in [4.78, 5) is 29.7. The number of hydrogen-bond acceptors (Lipinski definition) is 6. The van der Waals surface area contributed by atoms with E-state index in [2.05, 4.69) is 21.0 Å². The SMILES string of the molecule is Cc1noc(C)c1CSc1ncccc1C(=O)NNC(=O)c1cn(C)c2ccccc12. The lowest BCUT2D eigenvalue weighted by molar-refractivity contribution is 0.0845. The van der Waals surface area contributed by atoms with Crippen molar-refractivity contribution in [2.75, 3.05) is 0 Å². The number of nitrogens with one attached hydrogen (secondary N) is 2. The van der Waals surface area contributed by atoms with E-state index >= 15 is 0 Å². The van der Waals surface area contributed by atoms with E-state index in [-0.39, 0.29) is 5.91 Å². The lowest BCUT2D eigenvalue weighted by Gasteiger charge is -2.10. The van der Waals surface area contributed by atoms with E-state index in [9.17, 15) is 9.59 Å². The third kappa shape index (κ3) is 4.17. The number of carbonyl (C=O) groups is 2. The lowest BCUT2D eigenvalue weighted by Crippen LogP contribution is -2.41. The summed E-state index contributed by atoms with van der Waals surface area (Å²) in [6.07, 6.45) is 3.36. The van der Waals surface area contributed by atoms with Crippen LogP contribution in [0.4, 0.5) is 0 Å². The number of amides is 2. The van der Waals surface area contributed by atoms with Crippen LogP contribution in [0.15, 0.2) is 58.3 Å². The fourth-order valence-electron chi connectivity index (χ4n) is 3.30. The highest BCUT2D eigenvalue weighted by molar-refractivity contribution is 7.98. The van der Waals surface area contributed by atoms with Crippen molar-refractivity contribution in [2.24, 2.45) is 7.05 Å². The summed E-state index contributed by atoms with van der Waals surface area (Å²) in [5.41, 5.74) is 8.58. The van der Waals surface area contributed by atoms with Crippen LogP contribution in [-0.2, 0) is 12.8 Å². The molecule has 9 heteroatoms. The Bertz CT molecular complexity index is 1260. The molecule has 0 spiro atoms. The van der Waals surface area contributed by atoms with Crippen LogP contribution in [0.25, 0.3) is 10.9 Å². The quantitative estimate of drug-likeness (QED) is 0.367. The van der Waals surface area contributed by atoms with E-state index in [1.165, 1.54) is 11.8 Å². The van der Waals surface area contributed by atoms with Crippen LogP contribution in [-0.4, -0.2) is 26.5 Å². The van der Waals surface area contributed by atoms with Crippen LogP contribution >= 0.6 is 11.8 Å². The van der Waals surface area contributed by atoms with E-state index in [0.29, 0.717) is 21.9 Å². The predicted octanol–water partition coefficient (Wildman–Crippen LogP) is 3.55. The van der Waals surface area contributed by atoms with Crippen LogP contribution in [0.5, 0.6) is 0 Å². The van der Waals surface area contributed by atoms with Gasteiger partial charge in [-0.25, -0.2) is 4.98 Å². The largest absolute Gasteiger partial charge is 0.361 e. The number of carbonyl (C=O) groups excluding carboxylic acids is 2. The molecule has 8 nitrogen and oxygen atoms in total. The van der Waals surface area contributed by atoms with E-state index in [1.807, 2.05) is 49.7 Å². The second-order valence-corrected chi connectivity index (χ2v) is 7.99. The number of pyridine rings is 1. The summed E-state index contributed by atoms with van der Waals surface area (Å²) in [6, 6.07) is 10.9. The zero-order valence-corrected chi connectivity index (χ0v) is 18.1. The maximum atomic E-state index is 12.8. The smallest absolute Gasteiger partial charge is 0.272 e. The molecule has 0 unspecified atom stereocenters. The van der Waals surface area contributed by atoms with Gasteiger partial charge in [-0.05, 0) is 32.0 Å². The third-order valence-corrected chi connectivity index (χ3v) is 6.01. The molecule has 0 bridgehead atoms. The van der Waals surface area contributed by atoms with Crippen molar-refractivity contribution in [1.29, 1.82) is 0 Å². The molecule has 0 saturated heterocycles. The molecule has 0 aliphatic rings. The van der Waals surface area contributed by atoms with Crippen molar-refractivity contribution in [1.82, 2.24) is 25.6 Å². The maximum absolute atomic E-state index is 12.8. The normalized spacial score (nSPS) is 10.9. The molecule has 4 rings (SSSR count). The maximum Gasteiger partial charge on any atom is 0.272 e. The van der Waals surface area contributed by atoms with Crippen molar-refractivity contribution >= 4 is 34.5 Å². The molecule has 31 heavy (non-hydrogen) atoms. The number of hydrazine groups is 1. The summed E-state index contributed by atoms with van der Waals surface area (Å²) >= 11 is 1.41. The molecule has 0 radical (unpaired) electrons. The van der Waals surface area contributed by atoms with Crippen molar-refractivity contribution in [2.45, 2.75) is 24.6 Å². The number of rotatable bonds is 5. The Morgan fingerprint density at radius 3 is 2.55 bits per heavy atom. The minimum atomic E-state index is -0.442. The molecule has 158 valence electrons. The van der Waals surface area contributed by atoms with Gasteiger partial charge in [-0.2, -0.15) is 0 Å². The Balaban J connectivity index is 1.46. The monoisotopic (exact) mass is 435 g/mol. The molecule has 0 aliphatic heterocycles. The zero-order chi connectivity index (χ0) is 22.0. The molecule has 2 N–H and O–H groups in total. The number of aryl methyl sites for hydroxylation is 3. The summed E-state index contributed by atoms with van der Waals surface area (Å²) in [6.45, 7) is 3.73. The molecular formula is C22H21N5O3S. The first-order chi connectivity index (χ1) is 15.0. The molecule has 4 aromatic rings. The van der Waals surface area contributed by atoms with Crippen LogP contribution in [0.1, 0.15) is 37.7 Å². The number of thioether (sulfide) groups is 1. The molecule has 1 aromatic carbocycles. The van der Waals surface area contributed by atoms with Crippen LogP contribution in [0.2, 0.25) is 0 Å². The van der Waals surface area contributed by atoms with E-state index in [0.717, 1.165) is 27.9 Å². The second-order valence-electron chi connectivity index (χ2n) is 7.03. The Morgan fingerprint density at radius 2 is 1.81 bits per heavy atom. The first-order valence-corrected chi connectivity index (χ1v) is 10.6. The Kier molecular flexibility index (Phi) is 5.77. The fraction of sp³-hybridized carbons (Fsp3) is 0.182. The first kappa shape index (κ1) is 20.7.